The Labute approximate surface area is 195 Å². The molecule has 0 aliphatic rings. The number of carbonyl (C=O) groups excluding carboxylic acids is 1. The Hall–Kier alpha value is -1.86. The quantitative estimate of drug-likeness (QED) is 0.266. The summed E-state index contributed by atoms with van der Waals surface area (Å²) >= 11 is 18.9. The van der Waals surface area contributed by atoms with Gasteiger partial charge in [0.2, 0.25) is 0 Å². The van der Waals surface area contributed by atoms with E-state index >= 15 is 0 Å². The van der Waals surface area contributed by atoms with E-state index in [4.69, 9.17) is 27.9 Å². The van der Waals surface area contributed by atoms with E-state index in [2.05, 4.69) is 42.4 Å². The minimum Gasteiger partial charge on any atom is -0.488 e. The van der Waals surface area contributed by atoms with Crippen LogP contribution in [0.3, 0.4) is 0 Å². The lowest BCUT2D eigenvalue weighted by Gasteiger charge is -2.10. The normalized spacial score (nSPS) is 10.9. The second-order valence-electron chi connectivity index (χ2n) is 5.89. The predicted octanol–water partition coefficient (Wildman–Crippen LogP) is 6.86. The van der Waals surface area contributed by atoms with Gasteiger partial charge in [0.1, 0.15) is 12.4 Å². The fourth-order valence-electron chi connectivity index (χ4n) is 2.38. The third-order valence-electron chi connectivity index (χ3n) is 3.85. The number of benzene rings is 3. The fraction of sp³-hybridized carbons (Fsp3) is 0.0476. The molecule has 3 aromatic carbocycles. The first kappa shape index (κ1) is 21.8. The van der Waals surface area contributed by atoms with Crippen LogP contribution in [-0.2, 0) is 6.61 Å². The number of halogens is 4. The molecule has 0 saturated carbocycles. The van der Waals surface area contributed by atoms with Crippen LogP contribution in [0.2, 0.25) is 10.0 Å². The van der Waals surface area contributed by atoms with Crippen LogP contribution in [0.1, 0.15) is 21.5 Å². The van der Waals surface area contributed by atoms with E-state index < -0.39 is 0 Å². The van der Waals surface area contributed by atoms with Gasteiger partial charge in [-0.3, -0.25) is 4.79 Å². The third-order valence-corrected chi connectivity index (χ3v) is 5.75. The van der Waals surface area contributed by atoms with Crippen molar-refractivity contribution in [1.82, 2.24) is 5.43 Å². The minimum absolute atomic E-state index is 0.299. The van der Waals surface area contributed by atoms with Crippen molar-refractivity contribution in [2.45, 2.75) is 6.61 Å². The van der Waals surface area contributed by atoms with E-state index in [1.807, 2.05) is 30.3 Å². The molecule has 0 aliphatic carbocycles. The monoisotopic (exact) mass is 554 g/mol. The molecule has 1 amide bonds. The molecule has 8 heteroatoms. The van der Waals surface area contributed by atoms with Crippen LogP contribution in [0.25, 0.3) is 0 Å². The van der Waals surface area contributed by atoms with E-state index in [-0.39, 0.29) is 5.91 Å². The molecule has 3 rings (SSSR count). The molecule has 3 aromatic rings. The first-order valence-electron chi connectivity index (χ1n) is 8.38. The van der Waals surface area contributed by atoms with E-state index in [9.17, 15) is 4.79 Å². The summed E-state index contributed by atoms with van der Waals surface area (Å²) in [6.07, 6.45) is 1.55. The summed E-state index contributed by atoms with van der Waals surface area (Å²) in [7, 11) is 0. The van der Waals surface area contributed by atoms with Crippen molar-refractivity contribution in [2.24, 2.45) is 5.10 Å². The Bertz CT molecular complexity index is 1070. The molecule has 4 nitrogen and oxygen atoms in total. The third kappa shape index (κ3) is 6.06. The van der Waals surface area contributed by atoms with Gasteiger partial charge in [-0.05, 0) is 79.9 Å². The summed E-state index contributed by atoms with van der Waals surface area (Å²) in [5.41, 5.74) is 4.65. The average Bonchev–Trinajstić information content (AvgIpc) is 2.69. The first-order valence-corrected chi connectivity index (χ1v) is 10.7. The van der Waals surface area contributed by atoms with Gasteiger partial charge in [-0.15, -0.1) is 0 Å². The van der Waals surface area contributed by atoms with Crippen molar-refractivity contribution in [1.29, 1.82) is 0 Å². The van der Waals surface area contributed by atoms with E-state index in [1.54, 1.807) is 36.5 Å². The highest BCUT2D eigenvalue weighted by atomic mass is 79.9. The number of hydrogen-bond donors (Lipinski definition) is 1. The Kier molecular flexibility index (Phi) is 7.72. The molecule has 0 atom stereocenters. The molecule has 0 spiro atoms. The van der Waals surface area contributed by atoms with Crippen molar-refractivity contribution in [3.8, 4) is 5.75 Å². The van der Waals surface area contributed by atoms with Crippen LogP contribution in [-0.4, -0.2) is 12.1 Å². The Morgan fingerprint density at radius 3 is 2.55 bits per heavy atom. The number of ether oxygens (including phenoxy) is 1. The van der Waals surface area contributed by atoms with Crippen molar-refractivity contribution in [2.75, 3.05) is 0 Å². The molecule has 0 unspecified atom stereocenters. The molecule has 0 bridgehead atoms. The summed E-state index contributed by atoms with van der Waals surface area (Å²) < 4.78 is 7.28. The van der Waals surface area contributed by atoms with Crippen molar-refractivity contribution >= 4 is 67.2 Å². The Balaban J connectivity index is 1.61. The van der Waals surface area contributed by atoms with Crippen LogP contribution < -0.4 is 10.2 Å². The number of hydrazone groups is 1. The molecule has 0 aromatic heterocycles. The van der Waals surface area contributed by atoms with Gasteiger partial charge in [-0.25, -0.2) is 5.43 Å². The van der Waals surface area contributed by atoms with Crippen molar-refractivity contribution < 1.29 is 9.53 Å². The summed E-state index contributed by atoms with van der Waals surface area (Å²) in [5, 5.41) is 5.14. The van der Waals surface area contributed by atoms with Crippen LogP contribution in [0.15, 0.2) is 74.7 Å². The molecule has 0 saturated heterocycles. The molecule has 148 valence electrons. The summed E-state index contributed by atoms with van der Waals surface area (Å²) in [6, 6.07) is 17.9. The van der Waals surface area contributed by atoms with Crippen LogP contribution in [0.5, 0.6) is 5.75 Å². The van der Waals surface area contributed by atoms with Gasteiger partial charge in [-0.1, -0.05) is 41.4 Å². The second kappa shape index (κ2) is 10.3. The number of hydrogen-bond acceptors (Lipinski definition) is 3. The number of rotatable bonds is 6. The molecule has 0 radical (unpaired) electrons. The van der Waals surface area contributed by atoms with E-state index in [0.29, 0.717) is 32.4 Å². The molecular formula is C21H14Br2Cl2N2O2. The minimum atomic E-state index is -0.299. The van der Waals surface area contributed by atoms with Crippen LogP contribution in [0.4, 0.5) is 0 Å². The highest BCUT2D eigenvalue weighted by molar-refractivity contribution is 9.10. The molecule has 29 heavy (non-hydrogen) atoms. The molecular weight excluding hydrogens is 543 g/mol. The topological polar surface area (TPSA) is 50.7 Å². The zero-order valence-electron chi connectivity index (χ0n) is 14.8. The lowest BCUT2D eigenvalue weighted by molar-refractivity contribution is 0.0954. The second-order valence-corrected chi connectivity index (χ2v) is 8.45. The highest BCUT2D eigenvalue weighted by Gasteiger charge is 2.08. The number of nitrogens with zero attached hydrogens (tertiary/aromatic N) is 1. The average molecular weight is 557 g/mol. The maximum atomic E-state index is 12.1. The molecule has 0 fully saturated rings. The van der Waals surface area contributed by atoms with Crippen molar-refractivity contribution in [3.63, 3.8) is 0 Å². The van der Waals surface area contributed by atoms with Gasteiger partial charge in [0, 0.05) is 20.1 Å². The SMILES string of the molecule is O=C(N/N=C/c1ccc(OCc2ccc(Cl)cc2Cl)c(Br)c1)c1ccccc1Br. The number of carbonyl (C=O) groups is 1. The highest BCUT2D eigenvalue weighted by Crippen LogP contribution is 2.28. The van der Waals surface area contributed by atoms with Gasteiger partial charge in [0.05, 0.1) is 16.3 Å². The number of nitrogens with one attached hydrogen (secondary N) is 1. The zero-order chi connectivity index (χ0) is 20.8. The summed E-state index contributed by atoms with van der Waals surface area (Å²) in [6.45, 7) is 0.310. The zero-order valence-corrected chi connectivity index (χ0v) is 19.5. The lowest BCUT2D eigenvalue weighted by atomic mass is 10.2. The maximum absolute atomic E-state index is 12.1. The van der Waals surface area contributed by atoms with E-state index in [1.165, 1.54) is 0 Å². The first-order chi connectivity index (χ1) is 13.9. The van der Waals surface area contributed by atoms with Crippen LogP contribution in [0, 0.1) is 0 Å². The van der Waals surface area contributed by atoms with Gasteiger partial charge in [0.25, 0.3) is 5.91 Å². The molecule has 0 heterocycles. The predicted molar refractivity (Wildman–Crippen MR) is 124 cm³/mol. The van der Waals surface area contributed by atoms with Crippen molar-refractivity contribution in [3.05, 3.63) is 96.3 Å². The van der Waals surface area contributed by atoms with Gasteiger partial charge in [0.15, 0.2) is 0 Å². The van der Waals surface area contributed by atoms with Crippen LogP contribution >= 0.6 is 55.1 Å². The largest absolute Gasteiger partial charge is 0.488 e. The smallest absolute Gasteiger partial charge is 0.272 e. The summed E-state index contributed by atoms with van der Waals surface area (Å²) in [4.78, 5) is 12.1. The maximum Gasteiger partial charge on any atom is 0.272 e. The molecule has 0 aliphatic heterocycles. The van der Waals surface area contributed by atoms with Gasteiger partial charge in [-0.2, -0.15) is 5.10 Å². The van der Waals surface area contributed by atoms with E-state index in [0.717, 1.165) is 15.6 Å². The Morgan fingerprint density at radius 1 is 1.03 bits per heavy atom. The standard InChI is InChI=1S/C21H14Br2Cl2N2O2/c22-17-4-2-1-3-16(17)21(28)27-26-11-13-5-8-20(18(23)9-13)29-12-14-6-7-15(24)10-19(14)25/h1-11H,12H2,(H,27,28)/b26-11+. The fourth-order valence-corrected chi connectivity index (χ4v) is 3.82. The lowest BCUT2D eigenvalue weighted by Crippen LogP contribution is -2.18. The molecule has 1 N–H and O–H groups in total. The number of amides is 1. The Morgan fingerprint density at radius 2 is 1.83 bits per heavy atom. The summed E-state index contributed by atoms with van der Waals surface area (Å²) in [5.74, 6) is 0.359. The van der Waals surface area contributed by atoms with Gasteiger partial charge < -0.3 is 4.74 Å². The van der Waals surface area contributed by atoms with Gasteiger partial charge >= 0.3 is 0 Å².